The molecule has 2 rings (SSSR count). The minimum absolute atomic E-state index is 0.259. The van der Waals surface area contributed by atoms with E-state index in [2.05, 4.69) is 0 Å². The van der Waals surface area contributed by atoms with Crippen LogP contribution < -0.4 is 0 Å². The summed E-state index contributed by atoms with van der Waals surface area (Å²) in [5, 5.41) is 0.822. The molecule has 5 heteroatoms. The van der Waals surface area contributed by atoms with Crippen LogP contribution in [0.2, 0.25) is 0 Å². The van der Waals surface area contributed by atoms with Gasteiger partial charge < -0.3 is 0 Å². The van der Waals surface area contributed by atoms with E-state index in [1.165, 1.54) is 10.3 Å². The molecule has 3 nitrogen and oxygen atoms in total. The fraction of sp³-hybridized carbons (Fsp3) is 0.111. The maximum atomic E-state index is 11.4. The molecule has 0 saturated carbocycles. The number of halogens is 1. The van der Waals surface area contributed by atoms with Crippen LogP contribution >= 0.6 is 11.8 Å². The largest absolute Gasteiger partial charge is 0.259 e. The summed E-state index contributed by atoms with van der Waals surface area (Å²) in [4.78, 5) is 0.259. The molecule has 0 bridgehead atoms. The third-order valence-electron chi connectivity index (χ3n) is 2.03. The summed E-state index contributed by atoms with van der Waals surface area (Å²) in [6.07, 6.45) is 2.80. The molecule has 0 amide bonds. The molecular weight excluding hydrogens is 222 g/mol. The van der Waals surface area contributed by atoms with Gasteiger partial charge in [-0.1, -0.05) is 12.1 Å². The molecule has 0 atom stereocenters. The number of hydrogen-bond donors (Lipinski definition) is 0. The zero-order valence-corrected chi connectivity index (χ0v) is 9.01. The second-order valence-corrected chi connectivity index (χ2v) is 5.44. The highest BCUT2D eigenvalue weighted by molar-refractivity contribution is 7.91. The van der Waals surface area contributed by atoms with Crippen molar-refractivity contribution in [3.63, 3.8) is 0 Å². The number of aromatic nitrogens is 1. The lowest BCUT2D eigenvalue weighted by Gasteiger charge is -2.01. The zero-order valence-electron chi connectivity index (χ0n) is 7.44. The van der Waals surface area contributed by atoms with E-state index in [-0.39, 0.29) is 4.90 Å². The van der Waals surface area contributed by atoms with Gasteiger partial charge in [0.15, 0.2) is 9.84 Å². The summed E-state index contributed by atoms with van der Waals surface area (Å²) >= 11 is 5.84. The van der Waals surface area contributed by atoms with Crippen molar-refractivity contribution < 1.29 is 8.42 Å². The van der Waals surface area contributed by atoms with Crippen LogP contribution in [-0.4, -0.2) is 18.8 Å². The quantitative estimate of drug-likeness (QED) is 0.751. The monoisotopic (exact) mass is 229 g/mol. The van der Waals surface area contributed by atoms with Gasteiger partial charge in [-0.2, -0.15) is 0 Å². The van der Waals surface area contributed by atoms with Gasteiger partial charge in [0, 0.05) is 29.6 Å². The van der Waals surface area contributed by atoms with Crippen LogP contribution in [-0.2, 0) is 9.84 Å². The number of benzene rings is 1. The first kappa shape index (κ1) is 9.55. The molecule has 0 saturated heterocycles. The molecule has 1 aromatic heterocycles. The van der Waals surface area contributed by atoms with Crippen LogP contribution in [0.1, 0.15) is 0 Å². The van der Waals surface area contributed by atoms with Gasteiger partial charge in [-0.25, -0.2) is 8.42 Å². The normalized spacial score (nSPS) is 12.1. The molecule has 0 aliphatic carbocycles. The number of nitrogens with zero attached hydrogens (tertiary/aromatic N) is 1. The second-order valence-electron chi connectivity index (χ2n) is 3.09. The van der Waals surface area contributed by atoms with Gasteiger partial charge in [-0.3, -0.25) is 4.09 Å². The Labute approximate surface area is 86.9 Å². The number of rotatable bonds is 1. The first-order chi connectivity index (χ1) is 6.50. The van der Waals surface area contributed by atoms with Crippen LogP contribution in [0.15, 0.2) is 35.4 Å². The van der Waals surface area contributed by atoms with Crippen molar-refractivity contribution in [3.8, 4) is 0 Å². The number of fused-ring (bicyclic) bond motifs is 1. The molecule has 2 aromatic rings. The van der Waals surface area contributed by atoms with Crippen molar-refractivity contribution in [1.29, 1.82) is 0 Å². The van der Waals surface area contributed by atoms with Gasteiger partial charge in [0.05, 0.1) is 10.4 Å². The Morgan fingerprint density at radius 3 is 2.64 bits per heavy atom. The summed E-state index contributed by atoms with van der Waals surface area (Å²) in [6.45, 7) is 0. The molecule has 0 aliphatic rings. The molecule has 0 spiro atoms. The van der Waals surface area contributed by atoms with Crippen molar-refractivity contribution in [1.82, 2.24) is 4.09 Å². The van der Waals surface area contributed by atoms with Gasteiger partial charge >= 0.3 is 0 Å². The molecule has 14 heavy (non-hydrogen) atoms. The van der Waals surface area contributed by atoms with E-state index in [4.69, 9.17) is 11.8 Å². The standard InChI is InChI=1S/C9H8ClNO2S/c1-14(12,13)8-4-2-3-7-5-6-11(10)9(7)8/h2-6H,1H3. The Morgan fingerprint density at radius 1 is 1.29 bits per heavy atom. The molecule has 0 aliphatic heterocycles. The first-order valence-electron chi connectivity index (χ1n) is 3.96. The van der Waals surface area contributed by atoms with E-state index in [0.29, 0.717) is 5.52 Å². The van der Waals surface area contributed by atoms with Crippen LogP contribution in [0.5, 0.6) is 0 Å². The van der Waals surface area contributed by atoms with Gasteiger partial charge in [0.2, 0.25) is 0 Å². The van der Waals surface area contributed by atoms with Gasteiger partial charge in [-0.15, -0.1) is 0 Å². The van der Waals surface area contributed by atoms with E-state index >= 15 is 0 Å². The van der Waals surface area contributed by atoms with Crippen molar-refractivity contribution in [2.24, 2.45) is 0 Å². The molecule has 1 heterocycles. The van der Waals surface area contributed by atoms with Crippen molar-refractivity contribution in [2.75, 3.05) is 6.26 Å². The summed E-state index contributed by atoms with van der Waals surface area (Å²) < 4.78 is 24.1. The van der Waals surface area contributed by atoms with Crippen molar-refractivity contribution in [2.45, 2.75) is 4.90 Å². The average molecular weight is 230 g/mol. The smallest absolute Gasteiger partial charge is 0.177 e. The van der Waals surface area contributed by atoms with E-state index in [1.807, 2.05) is 6.07 Å². The minimum atomic E-state index is -3.23. The number of hydrogen-bond acceptors (Lipinski definition) is 2. The Kier molecular flexibility index (Phi) is 2.05. The van der Waals surface area contributed by atoms with Crippen LogP contribution in [0.25, 0.3) is 10.9 Å². The molecule has 0 unspecified atom stereocenters. The highest BCUT2D eigenvalue weighted by atomic mass is 35.5. The molecule has 0 fully saturated rings. The second kappa shape index (κ2) is 3.00. The minimum Gasteiger partial charge on any atom is -0.259 e. The lowest BCUT2D eigenvalue weighted by atomic mass is 10.2. The van der Waals surface area contributed by atoms with Crippen LogP contribution in [0.4, 0.5) is 0 Å². The summed E-state index contributed by atoms with van der Waals surface area (Å²) in [5.74, 6) is 0. The van der Waals surface area contributed by atoms with E-state index in [1.54, 1.807) is 24.4 Å². The van der Waals surface area contributed by atoms with Crippen molar-refractivity contribution in [3.05, 3.63) is 30.5 Å². The summed E-state index contributed by atoms with van der Waals surface area (Å²) in [5.41, 5.74) is 0.539. The predicted octanol–water partition coefficient (Wildman–Crippen LogP) is 2.05. The summed E-state index contributed by atoms with van der Waals surface area (Å²) in [7, 11) is -3.23. The Hall–Kier alpha value is -1.00. The molecule has 0 radical (unpaired) electrons. The topological polar surface area (TPSA) is 39.1 Å². The maximum Gasteiger partial charge on any atom is 0.177 e. The number of para-hydroxylation sites is 1. The lowest BCUT2D eigenvalue weighted by molar-refractivity contribution is 0.602. The van der Waals surface area contributed by atoms with Crippen LogP contribution in [0.3, 0.4) is 0 Å². The maximum absolute atomic E-state index is 11.4. The highest BCUT2D eigenvalue weighted by Gasteiger charge is 2.13. The van der Waals surface area contributed by atoms with Gasteiger partial charge in [-0.05, 0) is 12.1 Å². The molecule has 74 valence electrons. The Balaban J connectivity index is 2.96. The average Bonchev–Trinajstić information content (AvgIpc) is 2.46. The molecular formula is C9H8ClNO2S. The van der Waals surface area contributed by atoms with E-state index in [0.717, 1.165) is 5.39 Å². The first-order valence-corrected chi connectivity index (χ1v) is 6.19. The zero-order chi connectivity index (χ0) is 10.3. The van der Waals surface area contributed by atoms with Crippen LogP contribution in [0, 0.1) is 0 Å². The Bertz CT molecular complexity index is 586. The summed E-state index contributed by atoms with van der Waals surface area (Å²) in [6, 6.07) is 6.85. The lowest BCUT2D eigenvalue weighted by Crippen LogP contribution is -1.98. The molecule has 1 aromatic carbocycles. The third-order valence-corrected chi connectivity index (χ3v) is 3.44. The van der Waals surface area contributed by atoms with Gasteiger partial charge in [0.25, 0.3) is 0 Å². The number of sulfone groups is 1. The predicted molar refractivity (Wildman–Crippen MR) is 56.3 cm³/mol. The van der Waals surface area contributed by atoms with Crippen molar-refractivity contribution >= 4 is 32.5 Å². The van der Waals surface area contributed by atoms with E-state index in [9.17, 15) is 8.42 Å². The third kappa shape index (κ3) is 1.40. The van der Waals surface area contributed by atoms with E-state index < -0.39 is 9.84 Å². The fourth-order valence-corrected chi connectivity index (χ4v) is 2.61. The fourth-order valence-electron chi connectivity index (χ4n) is 1.42. The molecule has 0 N–H and O–H groups in total. The SMILES string of the molecule is CS(=O)(=O)c1cccc2ccn(Cl)c12. The Morgan fingerprint density at radius 2 is 2.00 bits per heavy atom. The highest BCUT2D eigenvalue weighted by Crippen LogP contribution is 2.24. The van der Waals surface area contributed by atoms with Gasteiger partial charge in [0.1, 0.15) is 0 Å².